The van der Waals surface area contributed by atoms with Crippen molar-refractivity contribution in [2.45, 2.75) is 77.2 Å². The van der Waals surface area contributed by atoms with Gasteiger partial charge in [-0.25, -0.2) is 9.94 Å². The molecule has 1 fully saturated rings. The van der Waals surface area contributed by atoms with E-state index in [2.05, 4.69) is 74.1 Å². The highest BCUT2D eigenvalue weighted by Crippen LogP contribution is 2.38. The third-order valence-electron chi connectivity index (χ3n) is 9.02. The highest BCUT2D eigenvalue weighted by atomic mass is 16.2. The summed E-state index contributed by atoms with van der Waals surface area (Å²) in [5.41, 5.74) is 11.1. The fourth-order valence-electron chi connectivity index (χ4n) is 6.89. The van der Waals surface area contributed by atoms with E-state index in [4.69, 9.17) is 0 Å². The summed E-state index contributed by atoms with van der Waals surface area (Å²) in [6.07, 6.45) is 7.51. The Morgan fingerprint density at radius 1 is 0.977 bits per heavy atom. The number of aromatic amines is 1. The van der Waals surface area contributed by atoms with Gasteiger partial charge in [-0.15, -0.1) is 0 Å². The monoisotopic (exact) mass is 588 g/mol. The summed E-state index contributed by atoms with van der Waals surface area (Å²) in [7, 11) is 0. The minimum Gasteiger partial charge on any atom is -0.283 e. The lowest BCUT2D eigenvalue weighted by molar-refractivity contribution is -0.119. The van der Waals surface area contributed by atoms with Crippen LogP contribution < -0.4 is 11.0 Å². The summed E-state index contributed by atoms with van der Waals surface area (Å²) in [6, 6.07) is 18.5. The minimum absolute atomic E-state index is 0.0109. The van der Waals surface area contributed by atoms with Crippen molar-refractivity contribution in [2.75, 3.05) is 0 Å². The first kappa shape index (κ1) is 27.9. The van der Waals surface area contributed by atoms with Gasteiger partial charge in [0.25, 0.3) is 5.56 Å². The predicted molar refractivity (Wildman–Crippen MR) is 169 cm³/mol. The van der Waals surface area contributed by atoms with Crippen molar-refractivity contribution < 1.29 is 4.79 Å². The molecule has 0 unspecified atom stereocenters. The molecule has 0 bridgehead atoms. The number of nitrogens with zero attached hydrogens (tertiary/aromatic N) is 6. The number of hydrogen-bond acceptors (Lipinski definition) is 6. The molecule has 1 aliphatic heterocycles. The first-order valence-electron chi connectivity index (χ1n) is 15.5. The third kappa shape index (κ3) is 5.14. The Labute approximate surface area is 255 Å². The van der Waals surface area contributed by atoms with Gasteiger partial charge in [0.1, 0.15) is 6.33 Å². The molecule has 1 amide bonds. The largest absolute Gasteiger partial charge is 0.283 e. The Morgan fingerprint density at radius 3 is 2.50 bits per heavy atom. The van der Waals surface area contributed by atoms with Crippen molar-refractivity contribution in [3.63, 3.8) is 0 Å². The number of benzene rings is 2. The van der Waals surface area contributed by atoms with Crippen LogP contribution in [0.1, 0.15) is 91.2 Å². The van der Waals surface area contributed by atoms with Crippen LogP contribution in [0, 0.1) is 6.92 Å². The van der Waals surface area contributed by atoms with E-state index < -0.39 is 0 Å². The van der Waals surface area contributed by atoms with Crippen LogP contribution in [-0.2, 0) is 17.6 Å². The maximum Gasteiger partial charge on any atom is 0.259 e. The molecule has 0 spiro atoms. The standard InChI is InChI=1S/C34H36N8O2/c1-3-7-31-28(18-22-10-15-26(23-8-5-4-6-9-23)27(17-22)30-19-32(43)40-39-30)33(44)41(34-35-20-36-42(31)34)25-13-11-24(12-14-25)29-16-21(2)37-38-29/h4-6,8-10,15-17,20,24-25H,3,7,11-14,18-19H2,1-2H3,(H,37,38)(H,40,43). The Balaban J connectivity index is 1.28. The molecule has 2 N–H and O–H groups in total. The maximum absolute atomic E-state index is 14.5. The van der Waals surface area contributed by atoms with Gasteiger partial charge in [0.2, 0.25) is 11.7 Å². The summed E-state index contributed by atoms with van der Waals surface area (Å²) < 4.78 is 3.78. The first-order valence-corrected chi connectivity index (χ1v) is 15.5. The van der Waals surface area contributed by atoms with Gasteiger partial charge in [-0.3, -0.25) is 19.3 Å². The molecular formula is C34H36N8O2. The van der Waals surface area contributed by atoms with Gasteiger partial charge in [0.05, 0.1) is 23.5 Å². The first-order chi connectivity index (χ1) is 21.5. The summed E-state index contributed by atoms with van der Waals surface area (Å²) in [5.74, 6) is 0.888. The molecule has 0 radical (unpaired) electrons. The van der Waals surface area contributed by atoms with Crippen LogP contribution in [-0.4, -0.2) is 41.0 Å². The molecule has 224 valence electrons. The van der Waals surface area contributed by atoms with E-state index >= 15 is 0 Å². The molecule has 10 nitrogen and oxygen atoms in total. The van der Waals surface area contributed by atoms with Gasteiger partial charge in [0, 0.05) is 35.2 Å². The molecule has 3 aromatic heterocycles. The van der Waals surface area contributed by atoms with Crippen LogP contribution >= 0.6 is 0 Å². The van der Waals surface area contributed by atoms with Gasteiger partial charge in [-0.2, -0.15) is 20.3 Å². The topological polar surface area (TPSA) is 122 Å². The molecule has 0 atom stereocenters. The van der Waals surface area contributed by atoms with Crippen LogP contribution in [0.4, 0.5) is 0 Å². The Bertz CT molecular complexity index is 1930. The molecule has 2 aromatic carbocycles. The number of fused-ring (bicyclic) bond motifs is 1. The third-order valence-corrected chi connectivity index (χ3v) is 9.02. The second kappa shape index (κ2) is 11.7. The number of H-pyrrole nitrogens is 1. The lowest BCUT2D eigenvalue weighted by Gasteiger charge is -2.30. The fraction of sp³-hybridized carbons (Fsp3) is 0.353. The quantitative estimate of drug-likeness (QED) is 0.256. The lowest BCUT2D eigenvalue weighted by atomic mass is 9.84. The van der Waals surface area contributed by atoms with E-state index in [0.717, 1.165) is 83.4 Å². The van der Waals surface area contributed by atoms with Crippen LogP contribution in [0.2, 0.25) is 0 Å². The zero-order valence-electron chi connectivity index (χ0n) is 25.1. The molecular weight excluding hydrogens is 552 g/mol. The number of carbonyl (C=O) groups excluding carboxylic acids is 1. The number of rotatable bonds is 8. The Morgan fingerprint density at radius 2 is 1.80 bits per heavy atom. The van der Waals surface area contributed by atoms with Crippen LogP contribution in [0.15, 0.2) is 70.8 Å². The average Bonchev–Trinajstić information content (AvgIpc) is 3.81. The zero-order valence-corrected chi connectivity index (χ0v) is 25.1. The molecule has 44 heavy (non-hydrogen) atoms. The summed E-state index contributed by atoms with van der Waals surface area (Å²) in [6.45, 7) is 4.14. The SMILES string of the molecule is CCCc1c(Cc2ccc(-c3ccccc3)c(C3=NNC(=O)C3)c2)c(=O)n(C2CCC(c3cc(C)[nH]n3)CC2)c2ncnn12. The van der Waals surface area contributed by atoms with E-state index in [1.54, 1.807) is 6.33 Å². The van der Waals surface area contributed by atoms with Crippen molar-refractivity contribution in [2.24, 2.45) is 5.10 Å². The zero-order chi connectivity index (χ0) is 30.2. The van der Waals surface area contributed by atoms with Crippen molar-refractivity contribution in [3.05, 3.63) is 105 Å². The van der Waals surface area contributed by atoms with Crippen molar-refractivity contribution in [1.29, 1.82) is 0 Å². The molecule has 10 heteroatoms. The van der Waals surface area contributed by atoms with Crippen molar-refractivity contribution in [3.8, 4) is 11.1 Å². The molecule has 5 aromatic rings. The number of hydrogen-bond donors (Lipinski definition) is 2. The number of amides is 1. The van der Waals surface area contributed by atoms with Gasteiger partial charge in [0.15, 0.2) is 0 Å². The van der Waals surface area contributed by atoms with E-state index in [-0.39, 0.29) is 23.9 Å². The van der Waals surface area contributed by atoms with Crippen molar-refractivity contribution in [1.82, 2.24) is 34.8 Å². The molecule has 7 rings (SSSR count). The number of nitrogens with one attached hydrogen (secondary N) is 2. The molecule has 1 aliphatic carbocycles. The van der Waals surface area contributed by atoms with E-state index in [1.807, 2.05) is 34.2 Å². The molecule has 4 heterocycles. The van der Waals surface area contributed by atoms with E-state index in [9.17, 15) is 9.59 Å². The number of aryl methyl sites for hydroxylation is 2. The second-order valence-electron chi connectivity index (χ2n) is 12.0. The van der Waals surface area contributed by atoms with E-state index in [0.29, 0.717) is 23.8 Å². The molecule has 1 saturated carbocycles. The normalized spacial score (nSPS) is 18.5. The highest BCUT2D eigenvalue weighted by molar-refractivity contribution is 6.16. The van der Waals surface area contributed by atoms with Gasteiger partial charge in [-0.1, -0.05) is 55.8 Å². The average molecular weight is 589 g/mol. The fourth-order valence-corrected chi connectivity index (χ4v) is 6.89. The molecule has 0 saturated heterocycles. The highest BCUT2D eigenvalue weighted by Gasteiger charge is 2.29. The summed E-state index contributed by atoms with van der Waals surface area (Å²) in [4.78, 5) is 31.2. The number of aromatic nitrogens is 6. The Hall–Kier alpha value is -4.86. The van der Waals surface area contributed by atoms with Crippen molar-refractivity contribution >= 4 is 17.4 Å². The van der Waals surface area contributed by atoms with Crippen LogP contribution in [0.3, 0.4) is 0 Å². The maximum atomic E-state index is 14.5. The smallest absolute Gasteiger partial charge is 0.259 e. The second-order valence-corrected chi connectivity index (χ2v) is 12.0. The number of carbonyl (C=O) groups is 1. The number of hydrazone groups is 1. The predicted octanol–water partition coefficient (Wildman–Crippen LogP) is 5.26. The molecule has 2 aliphatic rings. The van der Waals surface area contributed by atoms with Crippen LogP contribution in [0.5, 0.6) is 0 Å². The van der Waals surface area contributed by atoms with Gasteiger partial charge < -0.3 is 0 Å². The summed E-state index contributed by atoms with van der Waals surface area (Å²) in [5, 5.41) is 16.5. The van der Waals surface area contributed by atoms with Gasteiger partial charge in [-0.05, 0) is 67.9 Å². The van der Waals surface area contributed by atoms with E-state index in [1.165, 1.54) is 0 Å². The summed E-state index contributed by atoms with van der Waals surface area (Å²) >= 11 is 0. The lowest BCUT2D eigenvalue weighted by Crippen LogP contribution is -2.34. The van der Waals surface area contributed by atoms with Gasteiger partial charge >= 0.3 is 0 Å². The minimum atomic E-state index is -0.119. The Kier molecular flexibility index (Phi) is 7.41. The van der Waals surface area contributed by atoms with Crippen LogP contribution in [0.25, 0.3) is 16.9 Å².